The van der Waals surface area contributed by atoms with E-state index in [0.717, 1.165) is 12.8 Å². The van der Waals surface area contributed by atoms with E-state index in [0.29, 0.717) is 32.7 Å². The standard InChI is InChI=1S/C10H22N2O3S/c1-3-4-10(13)9-11-5-7-12(8-6-11)16(2,14)15/h10,13H,3-9H2,1-2H3. The van der Waals surface area contributed by atoms with Gasteiger partial charge in [-0.25, -0.2) is 8.42 Å². The summed E-state index contributed by atoms with van der Waals surface area (Å²) in [6, 6.07) is 0. The number of aliphatic hydroxyl groups excluding tert-OH is 1. The van der Waals surface area contributed by atoms with Gasteiger partial charge in [-0.15, -0.1) is 0 Å². The Balaban J connectivity index is 2.32. The van der Waals surface area contributed by atoms with E-state index < -0.39 is 10.0 Å². The van der Waals surface area contributed by atoms with Crippen LogP contribution in [0.5, 0.6) is 0 Å². The van der Waals surface area contributed by atoms with E-state index in [9.17, 15) is 13.5 Å². The molecule has 0 bridgehead atoms. The van der Waals surface area contributed by atoms with Gasteiger partial charge in [0.25, 0.3) is 0 Å². The maximum atomic E-state index is 11.3. The number of aliphatic hydroxyl groups is 1. The van der Waals surface area contributed by atoms with Crippen LogP contribution in [-0.2, 0) is 10.0 Å². The minimum atomic E-state index is -3.04. The number of rotatable bonds is 5. The minimum absolute atomic E-state index is 0.283. The summed E-state index contributed by atoms with van der Waals surface area (Å²) in [4.78, 5) is 2.13. The van der Waals surface area contributed by atoms with Gasteiger partial charge in [0.1, 0.15) is 0 Å². The van der Waals surface area contributed by atoms with E-state index in [1.807, 2.05) is 6.92 Å². The Morgan fingerprint density at radius 3 is 2.25 bits per heavy atom. The zero-order chi connectivity index (χ0) is 12.2. The number of hydrogen-bond donors (Lipinski definition) is 1. The molecule has 96 valence electrons. The van der Waals surface area contributed by atoms with Gasteiger partial charge in [-0.3, -0.25) is 4.90 Å². The first kappa shape index (κ1) is 13.9. The lowest BCUT2D eigenvalue weighted by Crippen LogP contribution is -2.50. The molecule has 5 nitrogen and oxygen atoms in total. The van der Waals surface area contributed by atoms with Crippen molar-refractivity contribution in [3.05, 3.63) is 0 Å². The largest absolute Gasteiger partial charge is 0.392 e. The molecule has 0 amide bonds. The molecule has 1 atom stereocenters. The first-order valence-corrected chi connectivity index (χ1v) is 7.64. The van der Waals surface area contributed by atoms with Crippen molar-refractivity contribution in [2.75, 3.05) is 39.0 Å². The summed E-state index contributed by atoms with van der Waals surface area (Å²) in [5.74, 6) is 0. The summed E-state index contributed by atoms with van der Waals surface area (Å²) in [5, 5.41) is 9.65. The van der Waals surface area contributed by atoms with E-state index in [1.54, 1.807) is 0 Å². The van der Waals surface area contributed by atoms with Crippen molar-refractivity contribution in [3.8, 4) is 0 Å². The summed E-state index contributed by atoms with van der Waals surface area (Å²) in [5.41, 5.74) is 0. The SMILES string of the molecule is CCCC(O)CN1CCN(S(C)(=O)=O)CC1. The van der Waals surface area contributed by atoms with Crippen LogP contribution in [0.1, 0.15) is 19.8 Å². The molecule has 0 aromatic rings. The Bertz CT molecular complexity index is 297. The lowest BCUT2D eigenvalue weighted by molar-refractivity contribution is 0.0861. The van der Waals surface area contributed by atoms with Gasteiger partial charge >= 0.3 is 0 Å². The molecule has 1 fully saturated rings. The number of nitrogens with zero attached hydrogens (tertiary/aromatic N) is 2. The van der Waals surface area contributed by atoms with Gasteiger partial charge in [-0.2, -0.15) is 4.31 Å². The fourth-order valence-corrected chi connectivity index (χ4v) is 2.79. The Morgan fingerprint density at radius 2 is 1.81 bits per heavy atom. The molecule has 6 heteroatoms. The second-order valence-electron chi connectivity index (χ2n) is 4.41. The molecule has 1 aliphatic heterocycles. The highest BCUT2D eigenvalue weighted by molar-refractivity contribution is 7.88. The lowest BCUT2D eigenvalue weighted by atomic mass is 10.2. The Morgan fingerprint density at radius 1 is 1.25 bits per heavy atom. The molecule has 16 heavy (non-hydrogen) atoms. The van der Waals surface area contributed by atoms with Crippen molar-refractivity contribution in [2.24, 2.45) is 0 Å². The molecule has 0 saturated carbocycles. The van der Waals surface area contributed by atoms with Crippen LogP contribution < -0.4 is 0 Å². The lowest BCUT2D eigenvalue weighted by Gasteiger charge is -2.34. The molecule has 1 heterocycles. The average molecular weight is 250 g/mol. The van der Waals surface area contributed by atoms with Crippen molar-refractivity contribution in [2.45, 2.75) is 25.9 Å². The fraction of sp³-hybridized carbons (Fsp3) is 1.00. The van der Waals surface area contributed by atoms with Crippen molar-refractivity contribution in [1.82, 2.24) is 9.21 Å². The van der Waals surface area contributed by atoms with Gasteiger partial charge in [0.15, 0.2) is 0 Å². The molecule has 1 saturated heterocycles. The zero-order valence-corrected chi connectivity index (χ0v) is 10.9. The minimum Gasteiger partial charge on any atom is -0.392 e. The van der Waals surface area contributed by atoms with Crippen LogP contribution in [0.4, 0.5) is 0 Å². The Kier molecular flexibility index (Phi) is 5.17. The van der Waals surface area contributed by atoms with Crippen LogP contribution in [0.15, 0.2) is 0 Å². The maximum absolute atomic E-state index is 11.3. The first-order valence-electron chi connectivity index (χ1n) is 5.79. The van der Waals surface area contributed by atoms with Crippen LogP contribution >= 0.6 is 0 Å². The molecule has 0 radical (unpaired) electrons. The maximum Gasteiger partial charge on any atom is 0.211 e. The van der Waals surface area contributed by atoms with E-state index in [1.165, 1.54) is 10.6 Å². The summed E-state index contributed by atoms with van der Waals surface area (Å²) in [7, 11) is -3.04. The predicted octanol–water partition coefficient (Wildman–Crippen LogP) is -0.275. The number of β-amino-alcohol motifs (C(OH)–C–C–N with tert-alkyl or cyclic N) is 1. The third-order valence-electron chi connectivity index (χ3n) is 2.89. The molecule has 1 unspecified atom stereocenters. The Labute approximate surface area is 98.1 Å². The number of piperazine rings is 1. The highest BCUT2D eigenvalue weighted by Gasteiger charge is 2.24. The highest BCUT2D eigenvalue weighted by atomic mass is 32.2. The number of sulfonamides is 1. The van der Waals surface area contributed by atoms with Crippen LogP contribution in [-0.4, -0.2) is 67.8 Å². The van der Waals surface area contributed by atoms with Gasteiger partial charge in [-0.05, 0) is 6.42 Å². The monoisotopic (exact) mass is 250 g/mol. The van der Waals surface area contributed by atoms with Crippen LogP contribution in [0.2, 0.25) is 0 Å². The van der Waals surface area contributed by atoms with Crippen molar-refractivity contribution in [1.29, 1.82) is 0 Å². The topological polar surface area (TPSA) is 60.9 Å². The normalized spacial score (nSPS) is 22.2. The van der Waals surface area contributed by atoms with Gasteiger partial charge in [0.2, 0.25) is 10.0 Å². The molecule has 0 spiro atoms. The molecule has 0 aromatic heterocycles. The van der Waals surface area contributed by atoms with E-state index >= 15 is 0 Å². The highest BCUT2D eigenvalue weighted by Crippen LogP contribution is 2.07. The van der Waals surface area contributed by atoms with Crippen molar-refractivity contribution >= 4 is 10.0 Å². The quantitative estimate of drug-likeness (QED) is 0.729. The van der Waals surface area contributed by atoms with Crippen LogP contribution in [0, 0.1) is 0 Å². The molecule has 1 aliphatic rings. The van der Waals surface area contributed by atoms with Gasteiger partial charge in [0.05, 0.1) is 12.4 Å². The first-order chi connectivity index (χ1) is 7.43. The average Bonchev–Trinajstić information content (AvgIpc) is 2.17. The molecule has 0 aliphatic carbocycles. The predicted molar refractivity (Wildman–Crippen MR) is 63.8 cm³/mol. The molecule has 1 rings (SSSR count). The van der Waals surface area contributed by atoms with E-state index in [4.69, 9.17) is 0 Å². The van der Waals surface area contributed by atoms with Gasteiger partial charge < -0.3 is 5.11 Å². The molecule has 1 N–H and O–H groups in total. The van der Waals surface area contributed by atoms with Gasteiger partial charge in [-0.1, -0.05) is 13.3 Å². The fourth-order valence-electron chi connectivity index (χ4n) is 1.97. The third kappa shape index (κ3) is 4.37. The third-order valence-corrected chi connectivity index (χ3v) is 4.19. The van der Waals surface area contributed by atoms with Crippen molar-refractivity contribution < 1.29 is 13.5 Å². The van der Waals surface area contributed by atoms with Crippen LogP contribution in [0.25, 0.3) is 0 Å². The zero-order valence-electron chi connectivity index (χ0n) is 10.1. The second-order valence-corrected chi connectivity index (χ2v) is 6.39. The van der Waals surface area contributed by atoms with Gasteiger partial charge in [0, 0.05) is 32.7 Å². The molecular weight excluding hydrogens is 228 g/mol. The molecule has 0 aromatic carbocycles. The molecular formula is C10H22N2O3S. The number of hydrogen-bond acceptors (Lipinski definition) is 4. The summed E-state index contributed by atoms with van der Waals surface area (Å²) < 4.78 is 24.0. The van der Waals surface area contributed by atoms with Crippen LogP contribution in [0.3, 0.4) is 0 Å². The van der Waals surface area contributed by atoms with E-state index in [-0.39, 0.29) is 6.10 Å². The van der Waals surface area contributed by atoms with E-state index in [2.05, 4.69) is 4.90 Å². The summed E-state index contributed by atoms with van der Waals surface area (Å²) >= 11 is 0. The second kappa shape index (κ2) is 5.95. The van der Waals surface area contributed by atoms with Crippen molar-refractivity contribution in [3.63, 3.8) is 0 Å². The summed E-state index contributed by atoms with van der Waals surface area (Å²) in [6.07, 6.45) is 2.75. The Hall–Kier alpha value is -0.170. The smallest absolute Gasteiger partial charge is 0.211 e. The summed E-state index contributed by atoms with van der Waals surface area (Å²) in [6.45, 7) is 5.22.